The van der Waals surface area contributed by atoms with E-state index in [0.29, 0.717) is 5.69 Å². The van der Waals surface area contributed by atoms with Crippen LogP contribution in [0.25, 0.3) is 0 Å². The zero-order valence-electron chi connectivity index (χ0n) is 8.83. The van der Waals surface area contributed by atoms with E-state index < -0.39 is 0 Å². The van der Waals surface area contributed by atoms with Crippen molar-refractivity contribution >= 4 is 21.8 Å². The largest absolute Gasteiger partial charge is 0.394 e. The predicted octanol–water partition coefficient (Wildman–Crippen LogP) is 1.38. The van der Waals surface area contributed by atoms with Gasteiger partial charge in [0.25, 0.3) is 5.91 Å². The SMILES string of the molecule is CCn1cc(Br)cc1C(=O)NC(C)CO. The van der Waals surface area contributed by atoms with Crippen LogP contribution in [-0.2, 0) is 6.54 Å². The van der Waals surface area contributed by atoms with Crippen LogP contribution in [0, 0.1) is 0 Å². The molecule has 1 heterocycles. The lowest BCUT2D eigenvalue weighted by Crippen LogP contribution is -2.36. The van der Waals surface area contributed by atoms with Crippen LogP contribution in [0.3, 0.4) is 0 Å². The van der Waals surface area contributed by atoms with Crippen molar-refractivity contribution in [3.63, 3.8) is 0 Å². The third-order valence-electron chi connectivity index (χ3n) is 2.09. The zero-order chi connectivity index (χ0) is 11.4. The van der Waals surface area contributed by atoms with Gasteiger partial charge >= 0.3 is 0 Å². The normalized spacial score (nSPS) is 12.5. The summed E-state index contributed by atoms with van der Waals surface area (Å²) in [5.41, 5.74) is 0.602. The maximum atomic E-state index is 11.7. The summed E-state index contributed by atoms with van der Waals surface area (Å²) >= 11 is 3.33. The first-order valence-corrected chi connectivity index (χ1v) is 5.65. The molecule has 1 amide bonds. The van der Waals surface area contributed by atoms with Crippen LogP contribution in [0.2, 0.25) is 0 Å². The fraction of sp³-hybridized carbons (Fsp3) is 0.500. The van der Waals surface area contributed by atoms with E-state index in [4.69, 9.17) is 5.11 Å². The number of hydrogen-bond donors (Lipinski definition) is 2. The summed E-state index contributed by atoms with van der Waals surface area (Å²) in [5.74, 6) is -0.163. The molecule has 4 nitrogen and oxygen atoms in total. The average Bonchev–Trinajstić information content (AvgIpc) is 2.59. The van der Waals surface area contributed by atoms with Crippen molar-refractivity contribution in [3.8, 4) is 0 Å². The van der Waals surface area contributed by atoms with Gasteiger partial charge in [0, 0.05) is 23.3 Å². The Morgan fingerprint density at radius 1 is 1.73 bits per heavy atom. The maximum Gasteiger partial charge on any atom is 0.268 e. The van der Waals surface area contributed by atoms with E-state index in [9.17, 15) is 4.79 Å². The van der Waals surface area contributed by atoms with Crippen molar-refractivity contribution in [2.45, 2.75) is 26.4 Å². The highest BCUT2D eigenvalue weighted by molar-refractivity contribution is 9.10. The molecule has 1 rings (SSSR count). The Morgan fingerprint density at radius 3 is 2.93 bits per heavy atom. The van der Waals surface area contributed by atoms with Crippen molar-refractivity contribution in [1.82, 2.24) is 9.88 Å². The zero-order valence-corrected chi connectivity index (χ0v) is 10.4. The molecule has 1 aromatic rings. The summed E-state index contributed by atoms with van der Waals surface area (Å²) in [6.45, 7) is 4.41. The van der Waals surface area contributed by atoms with Crippen molar-refractivity contribution in [1.29, 1.82) is 0 Å². The first-order valence-electron chi connectivity index (χ1n) is 4.85. The van der Waals surface area contributed by atoms with Crippen LogP contribution in [0.15, 0.2) is 16.7 Å². The molecule has 0 fully saturated rings. The van der Waals surface area contributed by atoms with Gasteiger partial charge in [-0.1, -0.05) is 0 Å². The molecule has 0 aliphatic carbocycles. The van der Waals surface area contributed by atoms with Crippen LogP contribution in [0.1, 0.15) is 24.3 Å². The predicted molar refractivity (Wildman–Crippen MR) is 61.8 cm³/mol. The van der Waals surface area contributed by atoms with Crippen LogP contribution in [0.4, 0.5) is 0 Å². The second-order valence-electron chi connectivity index (χ2n) is 3.39. The Morgan fingerprint density at radius 2 is 2.40 bits per heavy atom. The Labute approximate surface area is 97.4 Å². The van der Waals surface area contributed by atoms with Gasteiger partial charge in [0.1, 0.15) is 5.69 Å². The summed E-state index contributed by atoms with van der Waals surface area (Å²) in [5, 5.41) is 11.5. The topological polar surface area (TPSA) is 54.3 Å². The number of nitrogens with one attached hydrogen (secondary N) is 1. The number of amides is 1. The van der Waals surface area contributed by atoms with Crippen molar-refractivity contribution in [2.24, 2.45) is 0 Å². The number of nitrogens with zero attached hydrogens (tertiary/aromatic N) is 1. The molecule has 0 bridgehead atoms. The number of halogens is 1. The molecule has 15 heavy (non-hydrogen) atoms. The third-order valence-corrected chi connectivity index (χ3v) is 2.52. The molecule has 0 aromatic carbocycles. The van der Waals surface area contributed by atoms with Gasteiger partial charge in [-0.15, -0.1) is 0 Å². The number of carbonyl (C=O) groups excluding carboxylic acids is 1. The summed E-state index contributed by atoms with van der Waals surface area (Å²) in [4.78, 5) is 11.7. The lowest BCUT2D eigenvalue weighted by atomic mass is 10.3. The highest BCUT2D eigenvalue weighted by atomic mass is 79.9. The fourth-order valence-corrected chi connectivity index (χ4v) is 1.73. The van der Waals surface area contributed by atoms with Gasteiger partial charge in [-0.3, -0.25) is 4.79 Å². The van der Waals surface area contributed by atoms with Gasteiger partial charge in [-0.2, -0.15) is 0 Å². The molecule has 1 atom stereocenters. The van der Waals surface area contributed by atoms with Crippen molar-refractivity contribution in [2.75, 3.05) is 6.61 Å². The lowest BCUT2D eigenvalue weighted by molar-refractivity contribution is 0.0913. The number of aryl methyl sites for hydroxylation is 1. The van der Waals surface area contributed by atoms with E-state index in [2.05, 4.69) is 21.2 Å². The quantitative estimate of drug-likeness (QED) is 0.872. The smallest absolute Gasteiger partial charge is 0.268 e. The van der Waals surface area contributed by atoms with Crippen LogP contribution in [-0.4, -0.2) is 28.2 Å². The summed E-state index contributed by atoms with van der Waals surface area (Å²) in [7, 11) is 0. The number of rotatable bonds is 4. The van der Waals surface area contributed by atoms with E-state index in [1.165, 1.54) is 0 Å². The monoisotopic (exact) mass is 274 g/mol. The third kappa shape index (κ3) is 3.07. The van der Waals surface area contributed by atoms with Gasteiger partial charge < -0.3 is 15.0 Å². The first-order chi connectivity index (χ1) is 7.08. The first kappa shape index (κ1) is 12.3. The van der Waals surface area contributed by atoms with Crippen LogP contribution >= 0.6 is 15.9 Å². The molecule has 1 unspecified atom stereocenters. The van der Waals surface area contributed by atoms with Gasteiger partial charge in [-0.25, -0.2) is 0 Å². The van der Waals surface area contributed by atoms with E-state index in [0.717, 1.165) is 11.0 Å². The Kier molecular flexibility index (Phi) is 4.35. The highest BCUT2D eigenvalue weighted by Gasteiger charge is 2.13. The molecular formula is C10H15BrN2O2. The number of aromatic nitrogens is 1. The Hall–Kier alpha value is -0.810. The minimum absolute atomic E-state index is 0.0558. The molecule has 84 valence electrons. The van der Waals surface area contributed by atoms with E-state index in [-0.39, 0.29) is 18.6 Å². The second-order valence-corrected chi connectivity index (χ2v) is 4.30. The molecule has 0 radical (unpaired) electrons. The van der Waals surface area contributed by atoms with Gasteiger partial charge in [-0.05, 0) is 35.8 Å². The van der Waals surface area contributed by atoms with Crippen LogP contribution < -0.4 is 5.32 Å². The molecule has 0 aliphatic heterocycles. The molecule has 0 spiro atoms. The van der Waals surface area contributed by atoms with Crippen molar-refractivity contribution < 1.29 is 9.90 Å². The van der Waals surface area contributed by atoms with Crippen LogP contribution in [0.5, 0.6) is 0 Å². The maximum absolute atomic E-state index is 11.7. The number of aliphatic hydroxyl groups is 1. The fourth-order valence-electron chi connectivity index (χ4n) is 1.27. The molecule has 0 saturated heterocycles. The van der Waals surface area contributed by atoms with Gasteiger partial charge in [0.15, 0.2) is 0 Å². The average molecular weight is 275 g/mol. The Balaban J connectivity index is 2.81. The minimum Gasteiger partial charge on any atom is -0.394 e. The number of aliphatic hydroxyl groups excluding tert-OH is 1. The summed E-state index contributed by atoms with van der Waals surface area (Å²) < 4.78 is 2.73. The molecule has 2 N–H and O–H groups in total. The van der Waals surface area contributed by atoms with Gasteiger partial charge in [0.05, 0.1) is 6.61 Å². The van der Waals surface area contributed by atoms with Crippen molar-refractivity contribution in [3.05, 3.63) is 22.4 Å². The highest BCUT2D eigenvalue weighted by Crippen LogP contribution is 2.14. The Bertz CT molecular complexity index is 349. The lowest BCUT2D eigenvalue weighted by Gasteiger charge is -2.11. The molecule has 1 aromatic heterocycles. The molecule has 5 heteroatoms. The molecular weight excluding hydrogens is 260 g/mol. The minimum atomic E-state index is -0.225. The second kappa shape index (κ2) is 5.32. The summed E-state index contributed by atoms with van der Waals surface area (Å²) in [6.07, 6.45) is 1.86. The number of carbonyl (C=O) groups is 1. The standard InChI is InChI=1S/C10H15BrN2O2/c1-3-13-5-8(11)4-9(13)10(15)12-7(2)6-14/h4-5,7,14H,3,6H2,1-2H3,(H,12,15). The van der Waals surface area contributed by atoms with E-state index in [1.807, 2.05) is 17.7 Å². The van der Waals surface area contributed by atoms with E-state index in [1.54, 1.807) is 13.0 Å². The summed E-state index contributed by atoms with van der Waals surface area (Å²) in [6, 6.07) is 1.54. The van der Waals surface area contributed by atoms with E-state index >= 15 is 0 Å². The van der Waals surface area contributed by atoms with Gasteiger partial charge in [0.2, 0.25) is 0 Å². The number of hydrogen-bond acceptors (Lipinski definition) is 2. The molecule has 0 saturated carbocycles. The molecule has 0 aliphatic rings.